The van der Waals surface area contributed by atoms with Gasteiger partial charge in [0, 0.05) is 48.2 Å². The molecule has 0 amide bonds. The molecule has 2 heterocycles. The third kappa shape index (κ3) is 4.85. The van der Waals surface area contributed by atoms with E-state index in [4.69, 9.17) is 9.47 Å². The molecule has 1 saturated heterocycles. The maximum atomic E-state index is 12.0. The number of phenols is 1. The van der Waals surface area contributed by atoms with Crippen molar-refractivity contribution in [3.63, 3.8) is 0 Å². The number of piperidine rings is 1. The Hall–Kier alpha value is -2.57. The lowest BCUT2D eigenvalue weighted by Crippen LogP contribution is -2.68. The van der Waals surface area contributed by atoms with Gasteiger partial charge in [0.2, 0.25) is 0 Å². The predicted molar refractivity (Wildman–Crippen MR) is 160 cm³/mol. The van der Waals surface area contributed by atoms with Gasteiger partial charge in [-0.3, -0.25) is 14.6 Å². The monoisotopic (exact) mass is 558 g/mol. The van der Waals surface area contributed by atoms with Gasteiger partial charge >= 0.3 is 5.97 Å². The molecule has 2 saturated carbocycles. The Labute approximate surface area is 245 Å². The Balaban J connectivity index is 1.10. The van der Waals surface area contributed by atoms with Crippen LogP contribution in [0.3, 0.4) is 0 Å². The first-order valence-electron chi connectivity index (χ1n) is 16.2. The Bertz CT molecular complexity index is 1280. The molecule has 2 bridgehead atoms. The van der Waals surface area contributed by atoms with E-state index in [-0.39, 0.29) is 23.2 Å². The smallest absolute Gasteiger partial charge is 0.308 e. The van der Waals surface area contributed by atoms with Crippen molar-refractivity contribution in [1.82, 2.24) is 9.80 Å². The van der Waals surface area contributed by atoms with Crippen molar-refractivity contribution in [2.24, 2.45) is 11.8 Å². The summed E-state index contributed by atoms with van der Waals surface area (Å²) in [5.41, 5.74) is 3.53. The van der Waals surface area contributed by atoms with Crippen LogP contribution in [0.5, 0.6) is 17.2 Å². The number of carbonyl (C=O) groups is 1. The number of ether oxygens (including phenoxy) is 2. The molecule has 0 radical (unpaired) electrons. The van der Waals surface area contributed by atoms with Crippen LogP contribution in [0.15, 0.2) is 36.4 Å². The number of rotatable bonds is 11. The van der Waals surface area contributed by atoms with E-state index >= 15 is 0 Å². The second-order valence-electron chi connectivity index (χ2n) is 13.6. The van der Waals surface area contributed by atoms with Gasteiger partial charge in [-0.05, 0) is 95.3 Å². The summed E-state index contributed by atoms with van der Waals surface area (Å²) in [6, 6.07) is 13.2. The fraction of sp³-hybridized carbons (Fsp3) is 0.629. The third-order valence-corrected chi connectivity index (χ3v) is 11.1. The van der Waals surface area contributed by atoms with E-state index in [0.29, 0.717) is 23.8 Å². The average Bonchev–Trinajstić information content (AvgIpc) is 3.71. The molecule has 6 nitrogen and oxygen atoms in total. The van der Waals surface area contributed by atoms with Crippen LogP contribution in [0.25, 0.3) is 0 Å². The van der Waals surface area contributed by atoms with Crippen LogP contribution in [0, 0.1) is 11.8 Å². The zero-order chi connectivity index (χ0) is 28.1. The molecule has 0 aromatic heterocycles. The number of aryl methyl sites for hydroxylation is 1. The van der Waals surface area contributed by atoms with E-state index in [0.717, 1.165) is 56.0 Å². The van der Waals surface area contributed by atoms with Crippen molar-refractivity contribution in [2.75, 3.05) is 26.7 Å². The third-order valence-electron chi connectivity index (χ3n) is 11.1. The van der Waals surface area contributed by atoms with Crippen LogP contribution in [0.4, 0.5) is 0 Å². The van der Waals surface area contributed by atoms with E-state index in [2.05, 4.69) is 47.2 Å². The first kappa shape index (κ1) is 27.3. The number of benzene rings is 2. The minimum absolute atomic E-state index is 0.0278. The van der Waals surface area contributed by atoms with Crippen LogP contribution in [-0.4, -0.2) is 65.7 Å². The van der Waals surface area contributed by atoms with Crippen molar-refractivity contribution in [3.05, 3.63) is 53.1 Å². The number of hydrogen-bond donors (Lipinski definition) is 1. The lowest BCUT2D eigenvalue weighted by Gasteiger charge is -2.60. The molecule has 0 unspecified atom stereocenters. The number of carbonyl (C=O) groups excluding carboxylic acids is 1. The molecule has 1 N–H and O–H groups in total. The highest BCUT2D eigenvalue weighted by molar-refractivity contribution is 5.73. The molecule has 3 aliphatic carbocycles. The van der Waals surface area contributed by atoms with E-state index in [1.165, 1.54) is 69.5 Å². The zero-order valence-electron chi connectivity index (χ0n) is 24.8. The van der Waals surface area contributed by atoms with Gasteiger partial charge < -0.3 is 14.6 Å². The van der Waals surface area contributed by atoms with Gasteiger partial charge in [0.15, 0.2) is 11.5 Å². The zero-order valence-corrected chi connectivity index (χ0v) is 24.8. The second kappa shape index (κ2) is 10.9. The van der Waals surface area contributed by atoms with E-state index in [9.17, 15) is 9.90 Å². The van der Waals surface area contributed by atoms with Gasteiger partial charge in [-0.15, -0.1) is 0 Å². The fourth-order valence-corrected chi connectivity index (χ4v) is 9.05. The number of aromatic hydroxyl groups is 1. The largest absolute Gasteiger partial charge is 0.508 e. The quantitative estimate of drug-likeness (QED) is 0.211. The number of nitrogens with zero attached hydrogens (tertiary/aromatic N) is 2. The molecule has 5 atom stereocenters. The Morgan fingerprint density at radius 3 is 2.71 bits per heavy atom. The SMILES string of the molecule is CC(=O)Oc1cc(O)c2c3c1O[C@H]1[C@H](N(C)CCCCCCc4ccccc4)CC[C@H]4[C@@H](C2)N(CC2CC2)CC[C@@]341. The van der Waals surface area contributed by atoms with Gasteiger partial charge in [0.1, 0.15) is 11.9 Å². The molecule has 3 fully saturated rings. The summed E-state index contributed by atoms with van der Waals surface area (Å²) in [7, 11) is 2.28. The molecule has 41 heavy (non-hydrogen) atoms. The van der Waals surface area contributed by atoms with Crippen LogP contribution >= 0.6 is 0 Å². The summed E-state index contributed by atoms with van der Waals surface area (Å²) >= 11 is 0. The van der Waals surface area contributed by atoms with Gasteiger partial charge in [0.25, 0.3) is 0 Å². The molecule has 6 heteroatoms. The highest BCUT2D eigenvalue weighted by Crippen LogP contribution is 2.65. The Morgan fingerprint density at radius 2 is 1.93 bits per heavy atom. The number of unbranched alkanes of at least 4 members (excludes halogenated alkanes) is 3. The first-order valence-corrected chi connectivity index (χ1v) is 16.2. The van der Waals surface area contributed by atoms with Gasteiger partial charge in [-0.1, -0.05) is 43.2 Å². The molecular formula is C35H46N2O4. The number of likely N-dealkylation sites (N-methyl/N-ethyl adjacent to an activating group) is 1. The van der Waals surface area contributed by atoms with Crippen LogP contribution < -0.4 is 9.47 Å². The molecule has 5 aliphatic rings. The minimum Gasteiger partial charge on any atom is -0.508 e. The van der Waals surface area contributed by atoms with Crippen LogP contribution in [-0.2, 0) is 23.1 Å². The molecule has 7 rings (SSSR count). The van der Waals surface area contributed by atoms with Crippen molar-refractivity contribution in [1.29, 1.82) is 0 Å². The predicted octanol–water partition coefficient (Wildman–Crippen LogP) is 5.87. The summed E-state index contributed by atoms with van der Waals surface area (Å²) in [5, 5.41) is 11.3. The summed E-state index contributed by atoms with van der Waals surface area (Å²) in [6.45, 7) is 4.78. The number of esters is 1. The van der Waals surface area contributed by atoms with Gasteiger partial charge in [-0.2, -0.15) is 0 Å². The normalized spacial score (nSPS) is 29.7. The maximum Gasteiger partial charge on any atom is 0.308 e. The lowest BCUT2D eigenvalue weighted by molar-refractivity contribution is -0.132. The van der Waals surface area contributed by atoms with Gasteiger partial charge in [0.05, 0.1) is 0 Å². The van der Waals surface area contributed by atoms with Gasteiger partial charge in [-0.25, -0.2) is 0 Å². The van der Waals surface area contributed by atoms with Crippen molar-refractivity contribution in [3.8, 4) is 17.2 Å². The highest BCUT2D eigenvalue weighted by Gasteiger charge is 2.66. The summed E-state index contributed by atoms with van der Waals surface area (Å²) in [6.07, 6.45) is 13.1. The second-order valence-corrected chi connectivity index (χ2v) is 13.6. The van der Waals surface area contributed by atoms with E-state index < -0.39 is 0 Å². The first-order chi connectivity index (χ1) is 20.0. The Kier molecular flexibility index (Phi) is 7.27. The standard InChI is InChI=1S/C35H46N2O4/c1-23(38)40-31-21-30(39)26-20-29-27-15-16-28(36(2)18-9-4-3-6-10-24-11-7-5-8-12-24)34-35(27,32(26)33(31)41-34)17-19-37(29)22-25-13-14-25/h5,7-8,11-12,21,25,27-29,34,39H,3-4,6,9-10,13-20,22H2,1-2H3/t27-,28+,29+,34-,35-/m0/s1. The molecule has 2 aromatic rings. The van der Waals surface area contributed by atoms with Crippen LogP contribution in [0.2, 0.25) is 0 Å². The van der Waals surface area contributed by atoms with Crippen LogP contribution in [0.1, 0.15) is 81.4 Å². The van der Waals surface area contributed by atoms with Crippen molar-refractivity contribution >= 4 is 5.97 Å². The summed E-state index contributed by atoms with van der Waals surface area (Å²) < 4.78 is 12.6. The molecule has 1 spiro atoms. The fourth-order valence-electron chi connectivity index (χ4n) is 9.05. The minimum atomic E-state index is -0.373. The summed E-state index contributed by atoms with van der Waals surface area (Å²) in [5.74, 6) is 2.40. The maximum absolute atomic E-state index is 12.0. The summed E-state index contributed by atoms with van der Waals surface area (Å²) in [4.78, 5) is 17.4. The van der Waals surface area contributed by atoms with E-state index in [1.807, 2.05) is 0 Å². The number of phenolic OH excluding ortho intramolecular Hbond substituents is 1. The highest BCUT2D eigenvalue weighted by atomic mass is 16.6. The Morgan fingerprint density at radius 1 is 1.12 bits per heavy atom. The molecule has 2 aromatic carbocycles. The van der Waals surface area contributed by atoms with Crippen molar-refractivity contribution < 1.29 is 19.4 Å². The topological polar surface area (TPSA) is 62.2 Å². The molecular weight excluding hydrogens is 512 g/mol. The number of likely N-dealkylation sites (tertiary alicyclic amines) is 1. The molecule has 2 aliphatic heterocycles. The molecule has 220 valence electrons. The van der Waals surface area contributed by atoms with Crippen molar-refractivity contribution in [2.45, 2.75) is 101 Å². The number of hydrogen-bond acceptors (Lipinski definition) is 6. The average molecular weight is 559 g/mol. The lowest BCUT2D eigenvalue weighted by atomic mass is 9.50. The van der Waals surface area contributed by atoms with E-state index in [1.54, 1.807) is 6.07 Å².